The van der Waals surface area contributed by atoms with E-state index in [4.69, 9.17) is 5.11 Å². The molecule has 0 aromatic heterocycles. The van der Waals surface area contributed by atoms with Gasteiger partial charge in [-0.3, -0.25) is 19.3 Å². The third-order valence-corrected chi connectivity index (χ3v) is 3.89. The van der Waals surface area contributed by atoms with E-state index < -0.39 is 17.9 Å². The fourth-order valence-corrected chi connectivity index (χ4v) is 2.53. The molecule has 0 radical (unpaired) electrons. The molecule has 2 N–H and O–H groups in total. The van der Waals surface area contributed by atoms with Crippen molar-refractivity contribution in [2.45, 2.75) is 45.2 Å². The lowest BCUT2D eigenvalue weighted by Crippen LogP contribution is -2.40. The molecular formula is C17H20N2O5. The number of aliphatic carboxylic acids is 1. The molecule has 1 unspecified atom stereocenters. The minimum absolute atomic E-state index is 0.188. The SMILES string of the molecule is CCCC(NC(=O)c1ccc(CN2C(=O)CCC2=O)cc1)C(=O)O. The van der Waals surface area contributed by atoms with Gasteiger partial charge in [-0.05, 0) is 24.1 Å². The molecule has 7 heteroatoms. The molecule has 128 valence electrons. The molecule has 1 heterocycles. The summed E-state index contributed by atoms with van der Waals surface area (Å²) in [4.78, 5) is 47.6. The quantitative estimate of drug-likeness (QED) is 0.733. The molecule has 2 rings (SSSR count). The summed E-state index contributed by atoms with van der Waals surface area (Å²) in [5.74, 6) is -1.90. The van der Waals surface area contributed by atoms with Crippen LogP contribution in [-0.2, 0) is 20.9 Å². The second kappa shape index (κ2) is 7.72. The van der Waals surface area contributed by atoms with Gasteiger partial charge in [0.2, 0.25) is 11.8 Å². The van der Waals surface area contributed by atoms with E-state index in [1.165, 1.54) is 4.90 Å². The van der Waals surface area contributed by atoms with Gasteiger partial charge >= 0.3 is 5.97 Å². The molecule has 0 bridgehead atoms. The van der Waals surface area contributed by atoms with Crippen LogP contribution in [0.25, 0.3) is 0 Å². The van der Waals surface area contributed by atoms with E-state index in [-0.39, 0.29) is 31.2 Å². The predicted octanol–water partition coefficient (Wildman–Crippen LogP) is 1.32. The summed E-state index contributed by atoms with van der Waals surface area (Å²) in [6, 6.07) is 5.51. The first-order chi connectivity index (χ1) is 11.4. The lowest BCUT2D eigenvalue weighted by molar-refractivity contribution is -0.140. The van der Waals surface area contributed by atoms with Crippen LogP contribution >= 0.6 is 0 Å². The third kappa shape index (κ3) is 4.18. The molecule has 0 saturated carbocycles. The maximum Gasteiger partial charge on any atom is 0.326 e. The van der Waals surface area contributed by atoms with Gasteiger partial charge in [-0.2, -0.15) is 0 Å². The molecule has 1 fully saturated rings. The highest BCUT2D eigenvalue weighted by Gasteiger charge is 2.28. The number of likely N-dealkylation sites (tertiary alicyclic amines) is 1. The smallest absolute Gasteiger partial charge is 0.326 e. The number of benzene rings is 1. The van der Waals surface area contributed by atoms with Crippen LogP contribution in [0.1, 0.15) is 48.5 Å². The summed E-state index contributed by atoms with van der Waals surface area (Å²) in [6.07, 6.45) is 1.49. The Morgan fingerprint density at radius 1 is 1.17 bits per heavy atom. The number of carboxylic acid groups (broad SMARTS) is 1. The monoisotopic (exact) mass is 332 g/mol. The van der Waals surface area contributed by atoms with Crippen molar-refractivity contribution in [1.29, 1.82) is 0 Å². The third-order valence-electron chi connectivity index (χ3n) is 3.89. The Balaban J connectivity index is 2.00. The van der Waals surface area contributed by atoms with E-state index in [2.05, 4.69) is 5.32 Å². The molecule has 1 aromatic rings. The Morgan fingerprint density at radius 2 is 1.75 bits per heavy atom. The zero-order valence-electron chi connectivity index (χ0n) is 13.4. The van der Waals surface area contributed by atoms with Crippen LogP contribution in [0.15, 0.2) is 24.3 Å². The Bertz CT molecular complexity index is 637. The van der Waals surface area contributed by atoms with E-state index in [0.717, 1.165) is 5.56 Å². The van der Waals surface area contributed by atoms with Crippen LogP contribution in [-0.4, -0.2) is 39.7 Å². The van der Waals surface area contributed by atoms with E-state index in [0.29, 0.717) is 18.4 Å². The fraction of sp³-hybridized carbons (Fsp3) is 0.412. The molecule has 1 saturated heterocycles. The zero-order valence-corrected chi connectivity index (χ0v) is 13.4. The number of carbonyl (C=O) groups is 4. The van der Waals surface area contributed by atoms with Crippen LogP contribution in [0.2, 0.25) is 0 Å². The van der Waals surface area contributed by atoms with Crippen molar-refractivity contribution in [2.75, 3.05) is 0 Å². The largest absolute Gasteiger partial charge is 0.480 e. The number of rotatable bonds is 7. The number of carboxylic acids is 1. The predicted molar refractivity (Wildman–Crippen MR) is 85.0 cm³/mol. The summed E-state index contributed by atoms with van der Waals surface area (Å²) in [5.41, 5.74) is 1.07. The van der Waals surface area contributed by atoms with Gasteiger partial charge in [-0.25, -0.2) is 4.79 Å². The van der Waals surface area contributed by atoms with Gasteiger partial charge in [-0.1, -0.05) is 25.5 Å². The molecule has 0 aliphatic carbocycles. The van der Waals surface area contributed by atoms with Crippen LogP contribution in [0.5, 0.6) is 0 Å². The van der Waals surface area contributed by atoms with Crippen LogP contribution in [0.4, 0.5) is 0 Å². The van der Waals surface area contributed by atoms with E-state index in [1.54, 1.807) is 24.3 Å². The number of amides is 3. The topological polar surface area (TPSA) is 104 Å². The number of hydrogen-bond acceptors (Lipinski definition) is 4. The van der Waals surface area contributed by atoms with Crippen molar-refractivity contribution in [3.05, 3.63) is 35.4 Å². The number of imide groups is 1. The number of nitrogens with zero attached hydrogens (tertiary/aromatic N) is 1. The van der Waals surface area contributed by atoms with Gasteiger partial charge in [0.25, 0.3) is 5.91 Å². The van der Waals surface area contributed by atoms with Gasteiger partial charge in [0.15, 0.2) is 0 Å². The summed E-state index contributed by atoms with van der Waals surface area (Å²) in [7, 11) is 0. The minimum Gasteiger partial charge on any atom is -0.480 e. The lowest BCUT2D eigenvalue weighted by atomic mass is 10.1. The molecular weight excluding hydrogens is 312 g/mol. The van der Waals surface area contributed by atoms with Crippen LogP contribution < -0.4 is 5.32 Å². The van der Waals surface area contributed by atoms with Crippen molar-refractivity contribution in [3.63, 3.8) is 0 Å². The van der Waals surface area contributed by atoms with Gasteiger partial charge in [0.1, 0.15) is 6.04 Å². The van der Waals surface area contributed by atoms with Gasteiger partial charge in [0.05, 0.1) is 6.54 Å². The summed E-state index contributed by atoms with van der Waals surface area (Å²) < 4.78 is 0. The lowest BCUT2D eigenvalue weighted by Gasteiger charge is -2.15. The normalized spacial score (nSPS) is 15.5. The van der Waals surface area contributed by atoms with E-state index in [9.17, 15) is 19.2 Å². The van der Waals surface area contributed by atoms with Crippen molar-refractivity contribution in [1.82, 2.24) is 10.2 Å². The molecule has 1 aromatic carbocycles. The average Bonchev–Trinajstić information content (AvgIpc) is 2.87. The Morgan fingerprint density at radius 3 is 2.25 bits per heavy atom. The molecule has 1 aliphatic heterocycles. The maximum atomic E-state index is 12.1. The summed E-state index contributed by atoms with van der Waals surface area (Å²) >= 11 is 0. The first kappa shape index (κ1) is 17.7. The Labute approximate surface area is 139 Å². The zero-order chi connectivity index (χ0) is 17.7. The van der Waals surface area contributed by atoms with Gasteiger partial charge in [0, 0.05) is 18.4 Å². The molecule has 0 spiro atoms. The number of carbonyl (C=O) groups excluding carboxylic acids is 3. The summed E-state index contributed by atoms with van der Waals surface area (Å²) in [6.45, 7) is 2.03. The van der Waals surface area contributed by atoms with E-state index >= 15 is 0 Å². The summed E-state index contributed by atoms with van der Waals surface area (Å²) in [5, 5.41) is 11.6. The van der Waals surface area contributed by atoms with Crippen molar-refractivity contribution >= 4 is 23.7 Å². The Hall–Kier alpha value is -2.70. The van der Waals surface area contributed by atoms with E-state index in [1.807, 2.05) is 6.92 Å². The number of hydrogen-bond donors (Lipinski definition) is 2. The second-order valence-corrected chi connectivity index (χ2v) is 5.72. The van der Waals surface area contributed by atoms with Crippen LogP contribution in [0.3, 0.4) is 0 Å². The van der Waals surface area contributed by atoms with Crippen molar-refractivity contribution < 1.29 is 24.3 Å². The Kier molecular flexibility index (Phi) is 5.68. The molecule has 7 nitrogen and oxygen atoms in total. The van der Waals surface area contributed by atoms with Crippen molar-refractivity contribution in [2.24, 2.45) is 0 Å². The van der Waals surface area contributed by atoms with Crippen LogP contribution in [0, 0.1) is 0 Å². The van der Waals surface area contributed by atoms with Gasteiger partial charge in [-0.15, -0.1) is 0 Å². The highest BCUT2D eigenvalue weighted by molar-refractivity contribution is 6.01. The molecule has 1 atom stereocenters. The molecule has 24 heavy (non-hydrogen) atoms. The molecule has 3 amide bonds. The fourth-order valence-electron chi connectivity index (χ4n) is 2.53. The minimum atomic E-state index is -1.06. The first-order valence-corrected chi connectivity index (χ1v) is 7.88. The van der Waals surface area contributed by atoms with Gasteiger partial charge < -0.3 is 10.4 Å². The molecule has 1 aliphatic rings. The standard InChI is InChI=1S/C17H20N2O5/c1-2-3-13(17(23)24)18-16(22)12-6-4-11(5-7-12)10-19-14(20)8-9-15(19)21/h4-7,13H,2-3,8-10H2,1H3,(H,18,22)(H,23,24). The second-order valence-electron chi connectivity index (χ2n) is 5.72. The van der Waals surface area contributed by atoms with Crippen molar-refractivity contribution in [3.8, 4) is 0 Å². The number of nitrogens with one attached hydrogen (secondary N) is 1. The first-order valence-electron chi connectivity index (χ1n) is 7.88. The maximum absolute atomic E-state index is 12.1. The average molecular weight is 332 g/mol. The highest BCUT2D eigenvalue weighted by atomic mass is 16.4. The highest BCUT2D eigenvalue weighted by Crippen LogP contribution is 2.16.